The highest BCUT2D eigenvalue weighted by Gasteiger charge is 2.17. The summed E-state index contributed by atoms with van der Waals surface area (Å²) in [6, 6.07) is 5.45. The van der Waals surface area contributed by atoms with Crippen LogP contribution >= 0.6 is 0 Å². The molecule has 0 spiro atoms. The summed E-state index contributed by atoms with van der Waals surface area (Å²) in [7, 11) is 1.58. The SMILES string of the molecule is COc1cc(-c2nc(C)c(C(=O)O)o2)ccc1C. The molecule has 0 saturated carbocycles. The van der Waals surface area contributed by atoms with E-state index in [1.54, 1.807) is 20.1 Å². The number of aryl methyl sites for hydroxylation is 2. The van der Waals surface area contributed by atoms with Crippen molar-refractivity contribution in [1.29, 1.82) is 0 Å². The monoisotopic (exact) mass is 247 g/mol. The fourth-order valence-corrected chi connectivity index (χ4v) is 1.67. The van der Waals surface area contributed by atoms with E-state index in [9.17, 15) is 4.79 Å². The van der Waals surface area contributed by atoms with Crippen molar-refractivity contribution in [1.82, 2.24) is 4.98 Å². The first-order valence-corrected chi connectivity index (χ1v) is 5.38. The lowest BCUT2D eigenvalue weighted by atomic mass is 10.1. The van der Waals surface area contributed by atoms with Gasteiger partial charge in [0.2, 0.25) is 11.7 Å². The molecular formula is C13H13NO4. The van der Waals surface area contributed by atoms with Crippen molar-refractivity contribution in [3.8, 4) is 17.2 Å². The highest BCUT2D eigenvalue weighted by molar-refractivity contribution is 5.86. The number of hydrogen-bond donors (Lipinski definition) is 1. The summed E-state index contributed by atoms with van der Waals surface area (Å²) < 4.78 is 10.4. The molecule has 0 aliphatic heterocycles. The quantitative estimate of drug-likeness (QED) is 0.902. The third-order valence-electron chi connectivity index (χ3n) is 2.65. The second kappa shape index (κ2) is 4.52. The van der Waals surface area contributed by atoms with Crippen LogP contribution in [0.1, 0.15) is 21.8 Å². The number of hydrogen-bond acceptors (Lipinski definition) is 4. The van der Waals surface area contributed by atoms with Gasteiger partial charge in [-0.05, 0) is 31.5 Å². The van der Waals surface area contributed by atoms with Gasteiger partial charge in [-0.25, -0.2) is 9.78 Å². The van der Waals surface area contributed by atoms with Crippen molar-refractivity contribution in [2.45, 2.75) is 13.8 Å². The van der Waals surface area contributed by atoms with E-state index in [4.69, 9.17) is 14.3 Å². The number of nitrogens with zero attached hydrogens (tertiary/aromatic N) is 1. The maximum atomic E-state index is 10.9. The highest BCUT2D eigenvalue weighted by Crippen LogP contribution is 2.27. The number of carbonyl (C=O) groups is 1. The van der Waals surface area contributed by atoms with Crippen molar-refractivity contribution < 1.29 is 19.1 Å². The van der Waals surface area contributed by atoms with Crippen LogP contribution in [0.25, 0.3) is 11.5 Å². The maximum absolute atomic E-state index is 10.9. The predicted molar refractivity (Wildman–Crippen MR) is 64.9 cm³/mol. The second-order valence-electron chi connectivity index (χ2n) is 3.92. The highest BCUT2D eigenvalue weighted by atomic mass is 16.5. The number of carboxylic acids is 1. The average Bonchev–Trinajstić information content (AvgIpc) is 2.72. The molecule has 5 heteroatoms. The lowest BCUT2D eigenvalue weighted by molar-refractivity contribution is 0.0662. The number of ether oxygens (including phenoxy) is 1. The summed E-state index contributed by atoms with van der Waals surface area (Å²) in [4.78, 5) is 15.0. The molecule has 0 fully saturated rings. The second-order valence-corrected chi connectivity index (χ2v) is 3.92. The van der Waals surface area contributed by atoms with E-state index < -0.39 is 5.97 Å². The van der Waals surface area contributed by atoms with Crippen molar-refractivity contribution in [3.05, 3.63) is 35.2 Å². The summed E-state index contributed by atoms with van der Waals surface area (Å²) in [6.45, 7) is 3.52. The summed E-state index contributed by atoms with van der Waals surface area (Å²) in [5.41, 5.74) is 2.04. The first kappa shape index (κ1) is 12.2. The van der Waals surface area contributed by atoms with Gasteiger partial charge >= 0.3 is 5.97 Å². The number of benzene rings is 1. The molecule has 5 nitrogen and oxygen atoms in total. The lowest BCUT2D eigenvalue weighted by Crippen LogP contribution is -1.95. The molecule has 0 amide bonds. The topological polar surface area (TPSA) is 72.6 Å². The Balaban J connectivity index is 2.49. The normalized spacial score (nSPS) is 10.4. The Morgan fingerprint density at radius 1 is 1.39 bits per heavy atom. The molecule has 0 radical (unpaired) electrons. The summed E-state index contributed by atoms with van der Waals surface area (Å²) in [6.07, 6.45) is 0. The number of oxazole rings is 1. The zero-order chi connectivity index (χ0) is 13.3. The van der Waals surface area contributed by atoms with Crippen molar-refractivity contribution in [3.63, 3.8) is 0 Å². The first-order valence-electron chi connectivity index (χ1n) is 5.38. The van der Waals surface area contributed by atoms with E-state index in [-0.39, 0.29) is 11.7 Å². The van der Waals surface area contributed by atoms with Crippen LogP contribution in [-0.4, -0.2) is 23.2 Å². The minimum absolute atomic E-state index is 0.135. The Morgan fingerprint density at radius 2 is 2.11 bits per heavy atom. The van der Waals surface area contributed by atoms with Gasteiger partial charge in [0, 0.05) is 5.56 Å². The minimum Gasteiger partial charge on any atom is -0.496 e. The Kier molecular flexibility index (Phi) is 3.06. The molecule has 0 bridgehead atoms. The van der Waals surface area contributed by atoms with Gasteiger partial charge in [0.25, 0.3) is 0 Å². The van der Waals surface area contributed by atoms with Crippen LogP contribution in [0, 0.1) is 13.8 Å². The number of aromatic nitrogens is 1. The third kappa shape index (κ3) is 2.07. The average molecular weight is 247 g/mol. The Bertz CT molecular complexity index is 601. The molecule has 1 N–H and O–H groups in total. The van der Waals surface area contributed by atoms with E-state index in [0.29, 0.717) is 17.0 Å². The van der Waals surface area contributed by atoms with Crippen molar-refractivity contribution >= 4 is 5.97 Å². The summed E-state index contributed by atoms with van der Waals surface area (Å²) >= 11 is 0. The van der Waals surface area contributed by atoms with E-state index >= 15 is 0 Å². The molecule has 1 heterocycles. The summed E-state index contributed by atoms with van der Waals surface area (Å²) in [5.74, 6) is -0.265. The van der Waals surface area contributed by atoms with Crippen molar-refractivity contribution in [2.24, 2.45) is 0 Å². The molecule has 0 unspecified atom stereocenters. The van der Waals surface area contributed by atoms with Gasteiger partial charge < -0.3 is 14.3 Å². The molecular weight excluding hydrogens is 234 g/mol. The molecule has 0 atom stereocenters. The van der Waals surface area contributed by atoms with E-state index in [2.05, 4.69) is 4.98 Å². The van der Waals surface area contributed by atoms with Crippen LogP contribution in [0.15, 0.2) is 22.6 Å². The molecule has 0 aliphatic carbocycles. The Labute approximate surface area is 104 Å². The minimum atomic E-state index is -1.12. The van der Waals surface area contributed by atoms with Gasteiger partial charge in [-0.15, -0.1) is 0 Å². The first-order chi connectivity index (χ1) is 8.52. The van der Waals surface area contributed by atoms with Gasteiger partial charge in [0.15, 0.2) is 0 Å². The van der Waals surface area contributed by atoms with Gasteiger partial charge in [0.1, 0.15) is 5.75 Å². The van der Waals surface area contributed by atoms with Crippen LogP contribution in [-0.2, 0) is 0 Å². The largest absolute Gasteiger partial charge is 0.496 e. The van der Waals surface area contributed by atoms with Gasteiger partial charge in [-0.1, -0.05) is 6.07 Å². The maximum Gasteiger partial charge on any atom is 0.373 e. The smallest absolute Gasteiger partial charge is 0.373 e. The third-order valence-corrected chi connectivity index (χ3v) is 2.65. The fourth-order valence-electron chi connectivity index (χ4n) is 1.67. The molecule has 2 aromatic rings. The van der Waals surface area contributed by atoms with Crippen LogP contribution < -0.4 is 4.74 Å². The van der Waals surface area contributed by atoms with Crippen LogP contribution in [0.2, 0.25) is 0 Å². The van der Waals surface area contributed by atoms with Crippen molar-refractivity contribution in [2.75, 3.05) is 7.11 Å². The van der Waals surface area contributed by atoms with Gasteiger partial charge in [-0.3, -0.25) is 0 Å². The van der Waals surface area contributed by atoms with Gasteiger partial charge in [-0.2, -0.15) is 0 Å². The predicted octanol–water partition coefficient (Wildman–Crippen LogP) is 2.67. The number of carboxylic acid groups (broad SMARTS) is 1. The molecule has 0 saturated heterocycles. The molecule has 1 aromatic carbocycles. The molecule has 1 aromatic heterocycles. The van der Waals surface area contributed by atoms with Crippen LogP contribution in [0.4, 0.5) is 0 Å². The molecule has 0 aliphatic rings. The Hall–Kier alpha value is -2.30. The standard InChI is InChI=1S/C13H13NO4/c1-7-4-5-9(6-10(7)17-3)12-14-8(2)11(18-12)13(15)16/h4-6H,1-3H3,(H,15,16). The van der Waals surface area contributed by atoms with Gasteiger partial charge in [0.05, 0.1) is 12.8 Å². The zero-order valence-electron chi connectivity index (χ0n) is 10.4. The number of rotatable bonds is 3. The fraction of sp³-hybridized carbons (Fsp3) is 0.231. The summed E-state index contributed by atoms with van der Waals surface area (Å²) in [5, 5.41) is 8.91. The van der Waals surface area contributed by atoms with E-state index in [1.807, 2.05) is 19.1 Å². The van der Waals surface area contributed by atoms with E-state index in [1.165, 1.54) is 0 Å². The van der Waals surface area contributed by atoms with E-state index in [0.717, 1.165) is 5.56 Å². The lowest BCUT2D eigenvalue weighted by Gasteiger charge is -2.05. The molecule has 2 rings (SSSR count). The Morgan fingerprint density at radius 3 is 2.67 bits per heavy atom. The van der Waals surface area contributed by atoms with Crippen LogP contribution in [0.3, 0.4) is 0 Å². The number of aromatic carboxylic acids is 1. The zero-order valence-corrected chi connectivity index (χ0v) is 10.4. The molecule has 18 heavy (non-hydrogen) atoms. The number of methoxy groups -OCH3 is 1. The van der Waals surface area contributed by atoms with Crippen LogP contribution in [0.5, 0.6) is 5.75 Å². The molecule has 94 valence electrons.